The highest BCUT2D eigenvalue weighted by atomic mass is 35.5. The van der Waals surface area contributed by atoms with Gasteiger partial charge in [0, 0.05) is 41.1 Å². The molecule has 158 valence electrons. The van der Waals surface area contributed by atoms with Crippen LogP contribution in [0.15, 0.2) is 48.5 Å². The molecule has 0 saturated carbocycles. The Morgan fingerprint density at radius 1 is 1.03 bits per heavy atom. The second-order valence-electron chi connectivity index (χ2n) is 8.50. The molecule has 0 spiro atoms. The molecule has 6 heteroatoms. The first-order chi connectivity index (χ1) is 14.0. The van der Waals surface area contributed by atoms with Crippen molar-refractivity contribution < 1.29 is 4.79 Å². The number of fused-ring (bicyclic) bond motifs is 3. The maximum atomic E-state index is 13.6. The van der Waals surface area contributed by atoms with Crippen molar-refractivity contribution in [2.24, 2.45) is 7.05 Å². The third-order valence-electron chi connectivity index (χ3n) is 6.87. The number of carbonyl (C=O) groups is 1. The topological polar surface area (TPSA) is 37.3 Å². The van der Waals surface area contributed by atoms with Crippen LogP contribution >= 0.6 is 24.0 Å². The monoisotopic (exact) mass is 443 g/mol. The first-order valence-corrected chi connectivity index (χ1v) is 10.8. The van der Waals surface area contributed by atoms with Crippen molar-refractivity contribution in [2.75, 3.05) is 7.05 Å². The van der Waals surface area contributed by atoms with Crippen LogP contribution in [-0.4, -0.2) is 40.5 Å². The van der Waals surface area contributed by atoms with Crippen molar-refractivity contribution in [1.29, 1.82) is 0 Å². The third kappa shape index (κ3) is 3.51. The number of hydrogen-bond donors (Lipinski definition) is 1. The quantitative estimate of drug-likeness (QED) is 0.597. The van der Waals surface area contributed by atoms with Gasteiger partial charge in [0.15, 0.2) is 0 Å². The third-order valence-corrected chi connectivity index (χ3v) is 7.10. The minimum Gasteiger partial charge on any atom is -0.349 e. The highest BCUT2D eigenvalue weighted by Gasteiger charge is 2.39. The fraction of sp³-hybridized carbons (Fsp3) is 0.375. The summed E-state index contributed by atoms with van der Waals surface area (Å²) in [6.45, 7) is 0. The number of benzene rings is 2. The second kappa shape index (κ2) is 8.26. The molecule has 3 aromatic rings. The Morgan fingerprint density at radius 2 is 1.70 bits per heavy atom. The molecule has 2 atom stereocenters. The van der Waals surface area contributed by atoms with Gasteiger partial charge in [-0.3, -0.25) is 4.79 Å². The minimum absolute atomic E-state index is 0. The van der Waals surface area contributed by atoms with E-state index < -0.39 is 0 Å². The van der Waals surface area contributed by atoms with E-state index in [0.29, 0.717) is 17.1 Å². The number of nitrogens with one attached hydrogen (secondary N) is 1. The summed E-state index contributed by atoms with van der Waals surface area (Å²) >= 11 is 6.31. The molecule has 5 rings (SSSR count). The standard InChI is InChI=1S/C24H26ClN3O.ClH/c1-27-18-9-10-19(27)14-17(13-18)26-24(29)22-20-12-16(25)8-11-21(20)28(2)23(22)15-6-4-3-5-7-15;/h3-8,11-12,17-19H,9-10,13-14H2,1-2H3,(H,26,29);1H. The Kier molecular flexibility index (Phi) is 5.84. The van der Waals surface area contributed by atoms with Gasteiger partial charge in [-0.2, -0.15) is 0 Å². The lowest BCUT2D eigenvalue weighted by Gasteiger charge is -2.36. The Hall–Kier alpha value is -2.01. The SMILES string of the molecule is CN1C2CCC1CC(NC(=O)c1c(-c3ccccc3)n(C)c3ccc(Cl)cc13)C2.Cl. The highest BCUT2D eigenvalue weighted by Crippen LogP contribution is 2.37. The average Bonchev–Trinajstić information content (AvgIpc) is 3.09. The number of halogens is 2. The lowest BCUT2D eigenvalue weighted by atomic mass is 9.97. The fourth-order valence-electron chi connectivity index (χ4n) is 5.37. The summed E-state index contributed by atoms with van der Waals surface area (Å²) in [5.41, 5.74) is 3.72. The molecule has 2 saturated heterocycles. The first kappa shape index (κ1) is 21.2. The molecular formula is C24H27Cl2N3O. The lowest BCUT2D eigenvalue weighted by molar-refractivity contribution is 0.0884. The summed E-state index contributed by atoms with van der Waals surface area (Å²) in [5, 5.41) is 4.93. The van der Waals surface area contributed by atoms with E-state index in [0.717, 1.165) is 40.6 Å². The number of aromatic nitrogens is 1. The van der Waals surface area contributed by atoms with Crippen LogP contribution in [0.3, 0.4) is 0 Å². The van der Waals surface area contributed by atoms with Gasteiger partial charge in [-0.1, -0.05) is 41.9 Å². The lowest BCUT2D eigenvalue weighted by Crippen LogP contribution is -2.48. The van der Waals surface area contributed by atoms with Gasteiger partial charge in [0.1, 0.15) is 0 Å². The summed E-state index contributed by atoms with van der Waals surface area (Å²) in [6.07, 6.45) is 4.55. The van der Waals surface area contributed by atoms with E-state index in [9.17, 15) is 4.79 Å². The highest BCUT2D eigenvalue weighted by molar-refractivity contribution is 6.31. The Labute approximate surface area is 188 Å². The number of hydrogen-bond acceptors (Lipinski definition) is 2. The maximum Gasteiger partial charge on any atom is 0.254 e. The molecule has 2 bridgehead atoms. The largest absolute Gasteiger partial charge is 0.349 e. The van der Waals surface area contributed by atoms with Gasteiger partial charge in [0.2, 0.25) is 0 Å². The smallest absolute Gasteiger partial charge is 0.254 e. The molecule has 4 nitrogen and oxygen atoms in total. The summed E-state index contributed by atoms with van der Waals surface area (Å²) in [7, 11) is 4.24. The van der Waals surface area contributed by atoms with E-state index >= 15 is 0 Å². The summed E-state index contributed by atoms with van der Waals surface area (Å²) in [6, 6.07) is 17.3. The van der Waals surface area contributed by atoms with E-state index in [1.807, 2.05) is 43.4 Å². The molecule has 2 unspecified atom stereocenters. The van der Waals surface area contributed by atoms with Crippen LogP contribution in [0.2, 0.25) is 5.02 Å². The van der Waals surface area contributed by atoms with Gasteiger partial charge in [-0.05, 0) is 56.5 Å². The maximum absolute atomic E-state index is 13.6. The van der Waals surface area contributed by atoms with E-state index in [4.69, 9.17) is 11.6 Å². The van der Waals surface area contributed by atoms with Gasteiger partial charge in [0.05, 0.1) is 11.3 Å². The van der Waals surface area contributed by atoms with Gasteiger partial charge in [-0.25, -0.2) is 0 Å². The van der Waals surface area contributed by atoms with Crippen LogP contribution in [-0.2, 0) is 7.05 Å². The predicted molar refractivity (Wildman–Crippen MR) is 126 cm³/mol. The van der Waals surface area contributed by atoms with Crippen LogP contribution < -0.4 is 5.32 Å². The number of carbonyl (C=O) groups excluding carboxylic acids is 1. The Morgan fingerprint density at radius 3 is 2.37 bits per heavy atom. The summed E-state index contributed by atoms with van der Waals surface area (Å²) in [5.74, 6) is 0.00525. The number of nitrogens with zero attached hydrogens (tertiary/aromatic N) is 2. The van der Waals surface area contributed by atoms with Crippen molar-refractivity contribution in [3.05, 3.63) is 59.1 Å². The molecule has 3 heterocycles. The Balaban J connectivity index is 0.00000218. The van der Waals surface area contributed by atoms with Gasteiger partial charge >= 0.3 is 0 Å². The summed E-state index contributed by atoms with van der Waals surface area (Å²) < 4.78 is 2.11. The number of aryl methyl sites for hydroxylation is 1. The van der Waals surface area contributed by atoms with Crippen molar-refractivity contribution in [3.63, 3.8) is 0 Å². The van der Waals surface area contributed by atoms with Crippen molar-refractivity contribution in [1.82, 2.24) is 14.8 Å². The van der Waals surface area contributed by atoms with Gasteiger partial charge < -0.3 is 14.8 Å². The van der Waals surface area contributed by atoms with Crippen LogP contribution in [0.1, 0.15) is 36.0 Å². The molecule has 2 fully saturated rings. The Bertz CT molecular complexity index is 1060. The minimum atomic E-state index is 0. The second-order valence-corrected chi connectivity index (χ2v) is 8.94. The zero-order valence-electron chi connectivity index (χ0n) is 17.3. The van der Waals surface area contributed by atoms with Crippen molar-refractivity contribution in [2.45, 2.75) is 43.8 Å². The predicted octanol–water partition coefficient (Wildman–Crippen LogP) is 5.28. The molecule has 0 aliphatic carbocycles. The van der Waals surface area contributed by atoms with Gasteiger partial charge in [0.25, 0.3) is 5.91 Å². The number of piperidine rings is 1. The summed E-state index contributed by atoms with van der Waals surface area (Å²) in [4.78, 5) is 16.1. The van der Waals surface area contributed by atoms with Crippen LogP contribution in [0.5, 0.6) is 0 Å². The molecule has 1 amide bonds. The van der Waals surface area contributed by atoms with E-state index in [2.05, 4.69) is 34.0 Å². The molecule has 2 aliphatic heterocycles. The first-order valence-electron chi connectivity index (χ1n) is 10.4. The van der Waals surface area contributed by atoms with Crippen LogP contribution in [0.25, 0.3) is 22.2 Å². The molecule has 1 N–H and O–H groups in total. The molecule has 2 aromatic carbocycles. The number of amides is 1. The van der Waals surface area contributed by atoms with Crippen LogP contribution in [0, 0.1) is 0 Å². The van der Waals surface area contributed by atoms with Crippen molar-refractivity contribution in [3.8, 4) is 11.3 Å². The molecule has 30 heavy (non-hydrogen) atoms. The van der Waals surface area contributed by atoms with Crippen molar-refractivity contribution >= 4 is 40.8 Å². The molecule has 2 aliphatic rings. The zero-order chi connectivity index (χ0) is 20.1. The fourth-order valence-corrected chi connectivity index (χ4v) is 5.54. The van der Waals surface area contributed by atoms with E-state index in [1.165, 1.54) is 12.8 Å². The molecule has 0 radical (unpaired) electrons. The van der Waals surface area contributed by atoms with E-state index in [-0.39, 0.29) is 24.4 Å². The van der Waals surface area contributed by atoms with E-state index in [1.54, 1.807) is 0 Å². The normalized spacial score (nSPS) is 23.4. The van der Waals surface area contributed by atoms with Gasteiger partial charge in [-0.15, -0.1) is 12.4 Å². The average molecular weight is 444 g/mol. The number of rotatable bonds is 3. The molecular weight excluding hydrogens is 417 g/mol. The zero-order valence-corrected chi connectivity index (χ0v) is 18.8. The molecule has 1 aromatic heterocycles. The van der Waals surface area contributed by atoms with Crippen LogP contribution in [0.4, 0.5) is 0 Å².